The lowest BCUT2D eigenvalue weighted by atomic mass is 9.97. The van der Waals surface area contributed by atoms with E-state index in [0.717, 1.165) is 43.1 Å². The molecule has 3 N–H and O–H groups in total. The lowest BCUT2D eigenvalue weighted by Gasteiger charge is -2.29. The van der Waals surface area contributed by atoms with E-state index in [2.05, 4.69) is 40.3 Å². The van der Waals surface area contributed by atoms with Gasteiger partial charge in [-0.2, -0.15) is 0 Å². The van der Waals surface area contributed by atoms with Crippen LogP contribution < -0.4 is 16.0 Å². The molecule has 1 atom stereocenters. The number of nitrogens with one attached hydrogen (secondary N) is 1. The molecule has 1 aliphatic rings. The quantitative estimate of drug-likeness (QED) is 0.902. The van der Waals surface area contributed by atoms with Gasteiger partial charge in [-0.25, -0.2) is 4.98 Å². The Bertz CT molecular complexity index is 591. The summed E-state index contributed by atoms with van der Waals surface area (Å²) in [4.78, 5) is 6.95. The minimum absolute atomic E-state index is 0.115. The average molecular weight is 282 g/mol. The Morgan fingerprint density at radius 1 is 1.19 bits per heavy atom. The number of pyridine rings is 1. The van der Waals surface area contributed by atoms with Gasteiger partial charge in [0, 0.05) is 32.4 Å². The zero-order chi connectivity index (χ0) is 14.7. The maximum absolute atomic E-state index is 6.38. The third kappa shape index (κ3) is 3.06. The van der Waals surface area contributed by atoms with Crippen LogP contribution in [0, 0.1) is 6.92 Å². The van der Waals surface area contributed by atoms with Crippen molar-refractivity contribution in [1.82, 2.24) is 10.3 Å². The van der Waals surface area contributed by atoms with Gasteiger partial charge in [0.05, 0.1) is 6.04 Å². The topological polar surface area (TPSA) is 54.2 Å². The molecule has 2 aromatic rings. The van der Waals surface area contributed by atoms with E-state index in [0.29, 0.717) is 0 Å². The molecule has 1 aromatic heterocycles. The monoisotopic (exact) mass is 282 g/mol. The summed E-state index contributed by atoms with van der Waals surface area (Å²) in [5.74, 6) is 1.05. The zero-order valence-corrected chi connectivity index (χ0v) is 12.4. The minimum Gasteiger partial charge on any atom is -0.354 e. The largest absolute Gasteiger partial charge is 0.354 e. The molecule has 4 heteroatoms. The van der Waals surface area contributed by atoms with Crippen LogP contribution in [0.15, 0.2) is 42.6 Å². The van der Waals surface area contributed by atoms with Crippen molar-refractivity contribution in [1.29, 1.82) is 0 Å². The predicted molar refractivity (Wildman–Crippen MR) is 86.5 cm³/mol. The molecule has 1 aliphatic heterocycles. The Balaban J connectivity index is 1.84. The number of aryl methyl sites for hydroxylation is 1. The predicted octanol–water partition coefficient (Wildman–Crippen LogP) is 1.85. The molecule has 0 bridgehead atoms. The van der Waals surface area contributed by atoms with E-state index in [1.807, 2.05) is 24.4 Å². The van der Waals surface area contributed by atoms with Crippen LogP contribution in [0.25, 0.3) is 0 Å². The van der Waals surface area contributed by atoms with Crippen molar-refractivity contribution in [3.05, 3.63) is 59.3 Å². The van der Waals surface area contributed by atoms with Crippen molar-refractivity contribution in [2.24, 2.45) is 5.73 Å². The summed E-state index contributed by atoms with van der Waals surface area (Å²) in [5.41, 5.74) is 9.81. The third-order valence-electron chi connectivity index (χ3n) is 4.07. The molecule has 0 saturated carbocycles. The molecule has 4 nitrogen and oxygen atoms in total. The van der Waals surface area contributed by atoms with Crippen LogP contribution in [-0.4, -0.2) is 31.2 Å². The summed E-state index contributed by atoms with van der Waals surface area (Å²) in [7, 11) is 0. The Morgan fingerprint density at radius 3 is 2.57 bits per heavy atom. The fraction of sp³-hybridized carbons (Fsp3) is 0.353. The Labute approximate surface area is 126 Å². The first-order chi connectivity index (χ1) is 10.3. The summed E-state index contributed by atoms with van der Waals surface area (Å²) >= 11 is 0. The van der Waals surface area contributed by atoms with E-state index in [-0.39, 0.29) is 6.04 Å². The number of aromatic nitrogens is 1. The Kier molecular flexibility index (Phi) is 4.18. The van der Waals surface area contributed by atoms with Gasteiger partial charge in [-0.1, -0.05) is 30.3 Å². The van der Waals surface area contributed by atoms with Crippen LogP contribution >= 0.6 is 0 Å². The lowest BCUT2D eigenvalue weighted by molar-refractivity contribution is 0.584. The van der Waals surface area contributed by atoms with Crippen molar-refractivity contribution >= 4 is 5.82 Å². The third-order valence-corrected chi connectivity index (χ3v) is 4.07. The molecule has 1 aromatic carbocycles. The van der Waals surface area contributed by atoms with Crippen LogP contribution in [0.2, 0.25) is 0 Å². The summed E-state index contributed by atoms with van der Waals surface area (Å²) in [6.07, 6.45) is 1.93. The number of hydrogen-bond acceptors (Lipinski definition) is 4. The summed E-state index contributed by atoms with van der Waals surface area (Å²) < 4.78 is 0. The molecule has 1 saturated heterocycles. The van der Waals surface area contributed by atoms with Crippen LogP contribution in [-0.2, 0) is 0 Å². The second-order valence-corrected chi connectivity index (χ2v) is 5.52. The number of benzene rings is 1. The van der Waals surface area contributed by atoms with E-state index in [1.54, 1.807) is 0 Å². The molecule has 0 amide bonds. The highest BCUT2D eigenvalue weighted by Gasteiger charge is 2.16. The lowest BCUT2D eigenvalue weighted by Crippen LogP contribution is -2.43. The maximum atomic E-state index is 6.38. The highest BCUT2D eigenvalue weighted by atomic mass is 15.2. The molecule has 1 unspecified atom stereocenters. The molecule has 0 radical (unpaired) electrons. The van der Waals surface area contributed by atoms with E-state index in [4.69, 9.17) is 5.73 Å². The number of nitrogens with zero attached hydrogens (tertiary/aromatic N) is 2. The molecule has 0 aliphatic carbocycles. The fourth-order valence-corrected chi connectivity index (χ4v) is 2.78. The van der Waals surface area contributed by atoms with Gasteiger partial charge in [0.2, 0.25) is 0 Å². The van der Waals surface area contributed by atoms with Gasteiger partial charge in [-0.15, -0.1) is 0 Å². The van der Waals surface area contributed by atoms with Crippen LogP contribution in [0.4, 0.5) is 5.82 Å². The summed E-state index contributed by atoms with van der Waals surface area (Å²) in [5, 5.41) is 3.36. The first-order valence-corrected chi connectivity index (χ1v) is 7.48. The van der Waals surface area contributed by atoms with Crippen molar-refractivity contribution in [2.75, 3.05) is 31.1 Å². The van der Waals surface area contributed by atoms with Crippen LogP contribution in [0.3, 0.4) is 0 Å². The van der Waals surface area contributed by atoms with E-state index in [9.17, 15) is 0 Å². The normalized spacial score (nSPS) is 16.8. The van der Waals surface area contributed by atoms with Gasteiger partial charge < -0.3 is 16.0 Å². The van der Waals surface area contributed by atoms with Gasteiger partial charge >= 0.3 is 0 Å². The molecule has 2 heterocycles. The number of nitrogens with two attached hydrogens (primary N) is 1. The number of piperazine rings is 1. The van der Waals surface area contributed by atoms with Crippen LogP contribution in [0.5, 0.6) is 0 Å². The average Bonchev–Trinajstić information content (AvgIpc) is 2.56. The SMILES string of the molecule is Cc1cc(N2CCNCC2)ncc1C(N)c1ccccc1. The van der Waals surface area contributed by atoms with Gasteiger partial charge in [0.25, 0.3) is 0 Å². The Hall–Kier alpha value is -1.91. The minimum atomic E-state index is -0.115. The van der Waals surface area contributed by atoms with E-state index in [1.165, 1.54) is 5.56 Å². The molecule has 3 rings (SSSR count). The first kappa shape index (κ1) is 14.0. The second kappa shape index (κ2) is 6.24. The van der Waals surface area contributed by atoms with Crippen molar-refractivity contribution in [3.8, 4) is 0 Å². The van der Waals surface area contributed by atoms with Gasteiger partial charge in [0.1, 0.15) is 5.82 Å². The van der Waals surface area contributed by atoms with Crippen molar-refractivity contribution < 1.29 is 0 Å². The van der Waals surface area contributed by atoms with Crippen LogP contribution in [0.1, 0.15) is 22.7 Å². The Morgan fingerprint density at radius 2 is 1.90 bits per heavy atom. The maximum Gasteiger partial charge on any atom is 0.128 e. The second-order valence-electron chi connectivity index (χ2n) is 5.52. The summed E-state index contributed by atoms with van der Waals surface area (Å²) in [6, 6.07) is 12.2. The van der Waals surface area contributed by atoms with Crippen molar-refractivity contribution in [2.45, 2.75) is 13.0 Å². The molecule has 21 heavy (non-hydrogen) atoms. The molecular weight excluding hydrogens is 260 g/mol. The van der Waals surface area contributed by atoms with E-state index < -0.39 is 0 Å². The highest BCUT2D eigenvalue weighted by molar-refractivity contribution is 5.46. The zero-order valence-electron chi connectivity index (χ0n) is 12.4. The number of rotatable bonds is 3. The smallest absolute Gasteiger partial charge is 0.128 e. The van der Waals surface area contributed by atoms with Gasteiger partial charge in [-0.3, -0.25) is 0 Å². The number of anilines is 1. The molecule has 110 valence electrons. The fourth-order valence-electron chi connectivity index (χ4n) is 2.78. The number of hydrogen-bond donors (Lipinski definition) is 2. The van der Waals surface area contributed by atoms with Gasteiger partial charge in [0.15, 0.2) is 0 Å². The highest BCUT2D eigenvalue weighted by Crippen LogP contribution is 2.24. The molecular formula is C17H22N4. The molecule has 1 fully saturated rings. The summed E-state index contributed by atoms with van der Waals surface area (Å²) in [6.45, 7) is 6.18. The van der Waals surface area contributed by atoms with Crippen molar-refractivity contribution in [3.63, 3.8) is 0 Å². The standard InChI is InChI=1S/C17H22N4/c1-13-11-16(21-9-7-19-8-10-21)20-12-15(13)17(18)14-5-3-2-4-6-14/h2-6,11-12,17,19H,7-10,18H2,1H3. The molecule has 0 spiro atoms. The van der Waals surface area contributed by atoms with Gasteiger partial charge in [-0.05, 0) is 29.7 Å². The van der Waals surface area contributed by atoms with E-state index >= 15 is 0 Å². The first-order valence-electron chi connectivity index (χ1n) is 7.48.